The van der Waals surface area contributed by atoms with Gasteiger partial charge in [-0.2, -0.15) is 0 Å². The second kappa shape index (κ2) is 12.0. The van der Waals surface area contributed by atoms with E-state index in [-0.39, 0.29) is 37.9 Å². The van der Waals surface area contributed by atoms with Gasteiger partial charge in [-0.3, -0.25) is 9.59 Å². The first-order chi connectivity index (χ1) is 16.6. The molecule has 2 heterocycles. The average molecular weight is 505 g/mol. The molecule has 1 saturated carbocycles. The first-order valence-electron chi connectivity index (χ1n) is 11.8. The van der Waals surface area contributed by atoms with E-state index >= 15 is 0 Å². The van der Waals surface area contributed by atoms with Crippen LogP contribution in [0.15, 0.2) is 11.8 Å². The molecule has 0 aromatic rings. The van der Waals surface area contributed by atoms with Gasteiger partial charge in [-0.1, -0.05) is 13.8 Å². The van der Waals surface area contributed by atoms with Gasteiger partial charge in [0.1, 0.15) is 18.3 Å². The summed E-state index contributed by atoms with van der Waals surface area (Å²) in [6.45, 7) is 3.81. The number of fused-ring (bicyclic) bond motifs is 1. The molecule has 2 fully saturated rings. The molecule has 0 unspecified atom stereocenters. The zero-order valence-electron chi connectivity index (χ0n) is 20.1. The Morgan fingerprint density at radius 3 is 2.40 bits per heavy atom. The van der Waals surface area contributed by atoms with Gasteiger partial charge < -0.3 is 49.2 Å². The molecule has 1 aliphatic carbocycles. The number of aliphatic hydroxyl groups excluding tert-OH is 5. The summed E-state index contributed by atoms with van der Waals surface area (Å²) in [5, 5.41) is 50.7. The van der Waals surface area contributed by atoms with Crippen LogP contribution in [0.25, 0.3) is 0 Å². The highest BCUT2D eigenvalue weighted by molar-refractivity contribution is 5.69. The second-order valence-corrected chi connectivity index (χ2v) is 9.71. The number of carbonyl (C=O) groups excluding carboxylic acids is 2. The lowest BCUT2D eigenvalue weighted by Gasteiger charge is -2.41. The van der Waals surface area contributed by atoms with Crippen molar-refractivity contribution in [3.63, 3.8) is 0 Å². The van der Waals surface area contributed by atoms with Crippen molar-refractivity contribution in [2.24, 2.45) is 23.7 Å². The minimum atomic E-state index is -1.54. The molecule has 12 nitrogen and oxygen atoms in total. The molecule has 0 amide bonds. The third-order valence-corrected chi connectivity index (χ3v) is 6.66. The second-order valence-electron chi connectivity index (χ2n) is 9.71. The highest BCUT2D eigenvalue weighted by Crippen LogP contribution is 2.47. The smallest absolute Gasteiger partial charge is 0.309 e. The van der Waals surface area contributed by atoms with Crippen LogP contribution in [0.2, 0.25) is 0 Å². The van der Waals surface area contributed by atoms with Gasteiger partial charge in [0.15, 0.2) is 12.4 Å². The van der Waals surface area contributed by atoms with Crippen molar-refractivity contribution in [3.05, 3.63) is 11.8 Å². The maximum absolute atomic E-state index is 12.2. The summed E-state index contributed by atoms with van der Waals surface area (Å²) in [6, 6.07) is 0. The van der Waals surface area contributed by atoms with Crippen LogP contribution in [0.3, 0.4) is 0 Å². The molecule has 10 atom stereocenters. The molecule has 0 bridgehead atoms. The van der Waals surface area contributed by atoms with Crippen molar-refractivity contribution in [1.82, 2.24) is 0 Å². The van der Waals surface area contributed by atoms with Crippen LogP contribution in [-0.4, -0.2) is 100 Å². The number of esters is 2. The van der Waals surface area contributed by atoms with Gasteiger partial charge in [-0.25, -0.2) is 0 Å². The molecule has 0 spiro atoms. The maximum Gasteiger partial charge on any atom is 0.309 e. The summed E-state index contributed by atoms with van der Waals surface area (Å²) >= 11 is 0. The first kappa shape index (κ1) is 27.8. The van der Waals surface area contributed by atoms with Crippen LogP contribution in [-0.2, 0) is 33.3 Å². The number of aliphatic hydroxyl groups is 5. The van der Waals surface area contributed by atoms with Crippen LogP contribution in [0.1, 0.15) is 33.6 Å². The number of hydrogen-bond acceptors (Lipinski definition) is 12. The quantitative estimate of drug-likeness (QED) is 0.237. The Kier molecular flexibility index (Phi) is 9.49. The van der Waals surface area contributed by atoms with Gasteiger partial charge in [-0.05, 0) is 23.8 Å². The SMILES string of the molecule is CC(=O)O[C@@H]1[C@@H](O)[C@H](OCC2=CO[C@@H](OC(=O)CC(C)C)[C@@H]3[C@@H](CO)[C@@H](O)C[C@H]23)O[C@H](CO)[C@H]1O. The summed E-state index contributed by atoms with van der Waals surface area (Å²) in [6.07, 6.45) is -6.87. The van der Waals surface area contributed by atoms with Crippen molar-refractivity contribution >= 4 is 11.9 Å². The maximum atomic E-state index is 12.2. The normalized spacial score (nSPS) is 38.9. The van der Waals surface area contributed by atoms with Gasteiger partial charge in [0.2, 0.25) is 6.29 Å². The van der Waals surface area contributed by atoms with Crippen molar-refractivity contribution in [2.75, 3.05) is 19.8 Å². The van der Waals surface area contributed by atoms with Gasteiger partial charge in [0, 0.05) is 31.8 Å². The number of ether oxygens (including phenoxy) is 5. The predicted molar refractivity (Wildman–Crippen MR) is 116 cm³/mol. The van der Waals surface area contributed by atoms with E-state index in [1.54, 1.807) is 0 Å². The molecule has 3 aliphatic rings. The Morgan fingerprint density at radius 2 is 1.80 bits per heavy atom. The minimum absolute atomic E-state index is 0.0863. The summed E-state index contributed by atoms with van der Waals surface area (Å²) < 4.78 is 27.4. The summed E-state index contributed by atoms with van der Waals surface area (Å²) in [5.41, 5.74) is 0.577. The van der Waals surface area contributed by atoms with E-state index in [0.717, 1.165) is 6.92 Å². The molecule has 5 N–H and O–H groups in total. The highest BCUT2D eigenvalue weighted by Gasteiger charge is 2.52. The summed E-state index contributed by atoms with van der Waals surface area (Å²) in [7, 11) is 0. The standard InChI is InChI=1S/C23H36O12/c1-10(2)4-17(28)35-22-18-13(5-15(27)14(18)6-24)12(8-31-22)9-32-23-20(30)21(33-11(3)26)19(29)16(7-25)34-23/h8,10,13-16,18-25,27,29-30H,4-7,9H2,1-3H3/t13-,14+,15+,16-,18+,19-,20-,21+,22+,23-/m1/s1. The van der Waals surface area contributed by atoms with Crippen LogP contribution >= 0.6 is 0 Å². The van der Waals surface area contributed by atoms with Crippen LogP contribution in [0.5, 0.6) is 0 Å². The molecular formula is C23H36O12. The zero-order chi connectivity index (χ0) is 25.9. The molecule has 3 rings (SSSR count). The third-order valence-electron chi connectivity index (χ3n) is 6.66. The fourth-order valence-corrected chi connectivity index (χ4v) is 4.97. The van der Waals surface area contributed by atoms with Crippen molar-refractivity contribution in [3.8, 4) is 0 Å². The highest BCUT2D eigenvalue weighted by atomic mass is 16.7. The number of carbonyl (C=O) groups is 2. The fourth-order valence-electron chi connectivity index (χ4n) is 4.97. The van der Waals surface area contributed by atoms with Crippen molar-refractivity contribution in [2.45, 2.75) is 76.7 Å². The molecule has 12 heteroatoms. The Labute approximate surface area is 203 Å². The zero-order valence-corrected chi connectivity index (χ0v) is 20.1. The minimum Gasteiger partial charge on any atom is -0.462 e. The van der Waals surface area contributed by atoms with Crippen LogP contribution in [0, 0.1) is 23.7 Å². The van der Waals surface area contributed by atoms with Gasteiger partial charge in [0.05, 0.1) is 25.6 Å². The molecule has 0 radical (unpaired) electrons. The third kappa shape index (κ3) is 6.31. The van der Waals surface area contributed by atoms with Gasteiger partial charge in [0.25, 0.3) is 0 Å². The first-order valence-corrected chi connectivity index (χ1v) is 11.8. The lowest BCUT2D eigenvalue weighted by Crippen LogP contribution is -2.60. The van der Waals surface area contributed by atoms with Gasteiger partial charge >= 0.3 is 11.9 Å². The van der Waals surface area contributed by atoms with Crippen molar-refractivity contribution in [1.29, 1.82) is 0 Å². The van der Waals surface area contributed by atoms with Crippen LogP contribution < -0.4 is 0 Å². The Morgan fingerprint density at radius 1 is 1.09 bits per heavy atom. The Hall–Kier alpha value is -1.80. The Bertz CT molecular complexity index is 770. The molecule has 0 aromatic heterocycles. The molecule has 0 aromatic carbocycles. The fraction of sp³-hybridized carbons (Fsp3) is 0.826. The van der Waals surface area contributed by atoms with E-state index in [0.29, 0.717) is 5.57 Å². The molecule has 1 saturated heterocycles. The van der Waals surface area contributed by atoms with E-state index in [4.69, 9.17) is 23.7 Å². The Balaban J connectivity index is 1.72. The summed E-state index contributed by atoms with van der Waals surface area (Å²) in [5.74, 6) is -2.55. The topological polar surface area (TPSA) is 181 Å². The number of hydrogen-bond donors (Lipinski definition) is 5. The molecule has 2 aliphatic heterocycles. The molecule has 200 valence electrons. The van der Waals surface area contributed by atoms with E-state index in [2.05, 4.69) is 0 Å². The lowest BCUT2D eigenvalue weighted by atomic mass is 9.83. The summed E-state index contributed by atoms with van der Waals surface area (Å²) in [4.78, 5) is 23.6. The molecular weight excluding hydrogens is 468 g/mol. The lowest BCUT2D eigenvalue weighted by molar-refractivity contribution is -0.301. The number of rotatable bonds is 9. The van der Waals surface area contributed by atoms with E-state index in [1.165, 1.54) is 6.26 Å². The average Bonchev–Trinajstić information content (AvgIpc) is 3.13. The van der Waals surface area contributed by atoms with E-state index in [1.807, 2.05) is 13.8 Å². The van der Waals surface area contributed by atoms with Gasteiger partial charge in [-0.15, -0.1) is 0 Å². The van der Waals surface area contributed by atoms with Crippen molar-refractivity contribution < 1.29 is 58.8 Å². The molecule has 35 heavy (non-hydrogen) atoms. The largest absolute Gasteiger partial charge is 0.462 e. The van der Waals surface area contributed by atoms with Crippen LogP contribution in [0.4, 0.5) is 0 Å². The predicted octanol–water partition coefficient (Wildman–Crippen LogP) is -1.19. The monoisotopic (exact) mass is 504 g/mol. The van der Waals surface area contributed by atoms with E-state index in [9.17, 15) is 35.1 Å². The van der Waals surface area contributed by atoms with E-state index < -0.39 is 73.5 Å².